The Morgan fingerprint density at radius 2 is 2.16 bits per heavy atom. The first-order valence-electron chi connectivity index (χ1n) is 8.06. The van der Waals surface area contributed by atoms with E-state index >= 15 is 0 Å². The first kappa shape index (κ1) is 15.3. The largest absolute Gasteiger partial charge is 0.360 e. The van der Waals surface area contributed by atoms with Gasteiger partial charge in [-0.05, 0) is 38.0 Å². The molecule has 7 nitrogen and oxygen atoms in total. The van der Waals surface area contributed by atoms with Gasteiger partial charge in [0.1, 0.15) is 11.5 Å². The zero-order chi connectivity index (χ0) is 17.4. The Labute approximate surface area is 144 Å². The molecule has 126 valence electrons. The highest BCUT2D eigenvalue weighted by Crippen LogP contribution is 2.36. The molecule has 0 saturated carbocycles. The molecular formula is C18H17N5O2. The molecule has 0 aliphatic carbocycles. The van der Waals surface area contributed by atoms with Crippen molar-refractivity contribution in [2.75, 3.05) is 10.2 Å². The minimum Gasteiger partial charge on any atom is -0.360 e. The first-order chi connectivity index (χ1) is 12.1. The molecule has 2 aromatic heterocycles. The van der Waals surface area contributed by atoms with Crippen molar-refractivity contribution in [3.63, 3.8) is 0 Å². The predicted molar refractivity (Wildman–Crippen MR) is 93.0 cm³/mol. The fourth-order valence-electron chi connectivity index (χ4n) is 3.07. The van der Waals surface area contributed by atoms with Crippen molar-refractivity contribution in [3.8, 4) is 0 Å². The van der Waals surface area contributed by atoms with Crippen LogP contribution in [0.4, 0.5) is 17.5 Å². The molecule has 1 unspecified atom stereocenters. The van der Waals surface area contributed by atoms with Crippen LogP contribution in [0.15, 0.2) is 47.1 Å². The van der Waals surface area contributed by atoms with Crippen LogP contribution < -0.4 is 10.2 Å². The van der Waals surface area contributed by atoms with Crippen LogP contribution >= 0.6 is 0 Å². The lowest BCUT2D eigenvalue weighted by atomic mass is 10.1. The second kappa shape index (κ2) is 6.01. The van der Waals surface area contributed by atoms with Crippen LogP contribution in [0, 0.1) is 6.92 Å². The number of rotatable bonds is 3. The van der Waals surface area contributed by atoms with Crippen LogP contribution in [-0.4, -0.2) is 27.1 Å². The molecule has 1 aromatic carbocycles. The Kier molecular flexibility index (Phi) is 3.68. The minimum absolute atomic E-state index is 0.230. The van der Waals surface area contributed by atoms with Crippen molar-refractivity contribution in [3.05, 3.63) is 59.6 Å². The fraction of sp³-hybridized carbons (Fsp3) is 0.222. The summed E-state index contributed by atoms with van der Waals surface area (Å²) in [6.07, 6.45) is 2.52. The summed E-state index contributed by atoms with van der Waals surface area (Å²) in [5, 5.41) is 6.44. The Bertz CT molecular complexity index is 936. The highest BCUT2D eigenvalue weighted by atomic mass is 16.5. The summed E-state index contributed by atoms with van der Waals surface area (Å²) >= 11 is 0. The van der Waals surface area contributed by atoms with Gasteiger partial charge < -0.3 is 14.7 Å². The molecule has 3 heterocycles. The number of nitrogens with one attached hydrogen (secondary N) is 1. The van der Waals surface area contributed by atoms with Crippen LogP contribution in [0.5, 0.6) is 0 Å². The smallest absolute Gasteiger partial charge is 0.275 e. The molecule has 4 rings (SSSR count). The van der Waals surface area contributed by atoms with Gasteiger partial charge in [-0.3, -0.25) is 4.79 Å². The van der Waals surface area contributed by atoms with E-state index in [-0.39, 0.29) is 17.6 Å². The lowest BCUT2D eigenvalue weighted by Crippen LogP contribution is -2.27. The highest BCUT2D eigenvalue weighted by molar-refractivity contribution is 6.02. The number of para-hydroxylation sites is 1. The molecule has 25 heavy (non-hydrogen) atoms. The number of fused-ring (bicyclic) bond motifs is 1. The maximum atomic E-state index is 12.4. The lowest BCUT2D eigenvalue weighted by Gasteiger charge is -2.22. The number of hydrogen-bond donors (Lipinski definition) is 1. The van der Waals surface area contributed by atoms with E-state index in [2.05, 4.69) is 38.3 Å². The van der Waals surface area contributed by atoms with Crippen LogP contribution in [-0.2, 0) is 6.42 Å². The summed E-state index contributed by atoms with van der Waals surface area (Å²) in [5.74, 6) is 1.15. The highest BCUT2D eigenvalue weighted by Gasteiger charge is 2.29. The molecule has 3 aromatic rings. The topological polar surface area (TPSA) is 84.2 Å². The van der Waals surface area contributed by atoms with E-state index in [0.717, 1.165) is 12.1 Å². The third-order valence-corrected chi connectivity index (χ3v) is 4.17. The van der Waals surface area contributed by atoms with Crippen molar-refractivity contribution < 1.29 is 9.32 Å². The summed E-state index contributed by atoms with van der Waals surface area (Å²) in [7, 11) is 0. The van der Waals surface area contributed by atoms with E-state index in [4.69, 9.17) is 4.52 Å². The Hall–Kier alpha value is -3.22. The van der Waals surface area contributed by atoms with Gasteiger partial charge in [0.05, 0.1) is 0 Å². The molecule has 1 aliphatic rings. The van der Waals surface area contributed by atoms with E-state index in [1.165, 1.54) is 5.56 Å². The quantitative estimate of drug-likeness (QED) is 0.792. The average molecular weight is 335 g/mol. The SMILES string of the molecule is Cc1cc(NC(=O)c2ccnc(N3c4ccccc4CC3C)n2)no1. The van der Waals surface area contributed by atoms with Crippen LogP contribution in [0.2, 0.25) is 0 Å². The van der Waals surface area contributed by atoms with Crippen LogP contribution in [0.1, 0.15) is 28.7 Å². The molecular weight excluding hydrogens is 318 g/mol. The van der Waals surface area contributed by atoms with Gasteiger partial charge in [0.15, 0.2) is 5.82 Å². The Morgan fingerprint density at radius 1 is 1.32 bits per heavy atom. The molecule has 0 fully saturated rings. The number of anilines is 3. The number of carbonyl (C=O) groups excluding carboxylic acids is 1. The molecule has 0 saturated heterocycles. The van der Waals surface area contributed by atoms with Gasteiger partial charge in [0.2, 0.25) is 5.95 Å². The number of aromatic nitrogens is 3. The Morgan fingerprint density at radius 3 is 2.96 bits per heavy atom. The molecule has 1 aliphatic heterocycles. The van der Waals surface area contributed by atoms with Crippen molar-refractivity contribution in [2.24, 2.45) is 0 Å². The first-order valence-corrected chi connectivity index (χ1v) is 8.06. The maximum absolute atomic E-state index is 12.4. The summed E-state index contributed by atoms with van der Waals surface area (Å²) in [6.45, 7) is 3.88. The predicted octanol–water partition coefficient (Wildman–Crippen LogP) is 3.11. The zero-order valence-electron chi connectivity index (χ0n) is 13.9. The van der Waals surface area contributed by atoms with E-state index < -0.39 is 0 Å². The van der Waals surface area contributed by atoms with E-state index in [1.807, 2.05) is 18.2 Å². The summed E-state index contributed by atoms with van der Waals surface area (Å²) in [4.78, 5) is 23.3. The van der Waals surface area contributed by atoms with Crippen molar-refractivity contribution in [1.29, 1.82) is 0 Å². The second-order valence-electron chi connectivity index (χ2n) is 6.07. The monoisotopic (exact) mass is 335 g/mol. The third-order valence-electron chi connectivity index (χ3n) is 4.17. The lowest BCUT2D eigenvalue weighted by molar-refractivity contribution is 0.102. The van der Waals surface area contributed by atoms with E-state index in [1.54, 1.807) is 25.3 Å². The number of hydrogen-bond acceptors (Lipinski definition) is 6. The second-order valence-corrected chi connectivity index (χ2v) is 6.07. The maximum Gasteiger partial charge on any atom is 0.275 e. The molecule has 0 radical (unpaired) electrons. The standard InChI is InChI=1S/C18H17N5O2/c1-11-9-13-5-3-4-6-15(13)23(11)18-19-8-7-14(20-18)17(24)21-16-10-12(2)25-22-16/h3-8,10-11H,9H2,1-2H3,(H,21,22,24). The molecule has 1 N–H and O–H groups in total. The molecule has 1 amide bonds. The van der Waals surface area contributed by atoms with Crippen LogP contribution in [0.25, 0.3) is 0 Å². The van der Waals surface area contributed by atoms with Gasteiger partial charge in [0, 0.05) is 24.0 Å². The van der Waals surface area contributed by atoms with Gasteiger partial charge in [-0.25, -0.2) is 9.97 Å². The van der Waals surface area contributed by atoms with Gasteiger partial charge in [-0.1, -0.05) is 23.4 Å². The van der Waals surface area contributed by atoms with Crippen molar-refractivity contribution in [1.82, 2.24) is 15.1 Å². The molecule has 0 bridgehead atoms. The van der Waals surface area contributed by atoms with Gasteiger partial charge in [-0.2, -0.15) is 0 Å². The van der Waals surface area contributed by atoms with Gasteiger partial charge >= 0.3 is 0 Å². The van der Waals surface area contributed by atoms with E-state index in [9.17, 15) is 4.79 Å². The number of benzene rings is 1. The number of carbonyl (C=O) groups is 1. The normalized spacial score (nSPS) is 15.9. The fourth-order valence-corrected chi connectivity index (χ4v) is 3.07. The minimum atomic E-state index is -0.350. The summed E-state index contributed by atoms with van der Waals surface area (Å²) in [6, 6.07) is 11.6. The zero-order valence-corrected chi connectivity index (χ0v) is 13.9. The number of nitrogens with zero attached hydrogens (tertiary/aromatic N) is 4. The van der Waals surface area contributed by atoms with Gasteiger partial charge in [0.25, 0.3) is 5.91 Å². The summed E-state index contributed by atoms with van der Waals surface area (Å²) in [5.41, 5.74) is 2.62. The van der Waals surface area contributed by atoms with Crippen molar-refractivity contribution in [2.45, 2.75) is 26.3 Å². The van der Waals surface area contributed by atoms with Crippen LogP contribution in [0.3, 0.4) is 0 Å². The number of amides is 1. The van der Waals surface area contributed by atoms with Gasteiger partial charge in [-0.15, -0.1) is 0 Å². The number of aryl methyl sites for hydroxylation is 1. The van der Waals surface area contributed by atoms with E-state index in [0.29, 0.717) is 17.5 Å². The molecule has 0 spiro atoms. The van der Waals surface area contributed by atoms with Crippen molar-refractivity contribution >= 4 is 23.4 Å². The molecule has 7 heteroatoms. The summed E-state index contributed by atoms with van der Waals surface area (Å²) < 4.78 is 4.95. The molecule has 1 atom stereocenters. The average Bonchev–Trinajstić information content (AvgIpc) is 3.16. The Balaban J connectivity index is 1.62. The third kappa shape index (κ3) is 2.84.